The molecule has 0 fully saturated rings. The lowest BCUT2D eigenvalue weighted by Crippen LogP contribution is -2.38. The molecule has 0 atom stereocenters. The zero-order chi connectivity index (χ0) is 18.4. The SMILES string of the molecule is CN=C(NCCc1nc(C)c(C)s1)NCc1nncn1-c1ccccc1. The molecule has 0 unspecified atom stereocenters. The molecule has 2 heterocycles. The third-order valence-corrected chi connectivity index (χ3v) is 5.13. The van der Waals surface area contributed by atoms with Crippen LogP contribution in [0, 0.1) is 13.8 Å². The van der Waals surface area contributed by atoms with Crippen LogP contribution in [-0.4, -0.2) is 39.3 Å². The van der Waals surface area contributed by atoms with Gasteiger partial charge in [-0.25, -0.2) is 4.98 Å². The van der Waals surface area contributed by atoms with Gasteiger partial charge in [0, 0.05) is 30.6 Å². The molecule has 0 bridgehead atoms. The van der Waals surface area contributed by atoms with E-state index in [1.165, 1.54) is 4.88 Å². The number of aryl methyl sites for hydroxylation is 2. The van der Waals surface area contributed by atoms with Gasteiger partial charge in [0.1, 0.15) is 6.33 Å². The number of rotatable bonds is 6. The van der Waals surface area contributed by atoms with Crippen molar-refractivity contribution in [1.82, 2.24) is 30.4 Å². The Morgan fingerprint density at radius 2 is 2.00 bits per heavy atom. The maximum atomic E-state index is 4.56. The number of nitrogens with one attached hydrogen (secondary N) is 2. The zero-order valence-electron chi connectivity index (χ0n) is 15.2. The van der Waals surface area contributed by atoms with Crippen molar-refractivity contribution in [2.24, 2.45) is 4.99 Å². The van der Waals surface area contributed by atoms with E-state index < -0.39 is 0 Å². The van der Waals surface area contributed by atoms with Crippen molar-refractivity contribution < 1.29 is 0 Å². The van der Waals surface area contributed by atoms with E-state index in [-0.39, 0.29) is 0 Å². The summed E-state index contributed by atoms with van der Waals surface area (Å²) in [7, 11) is 1.76. The normalized spacial score (nSPS) is 11.6. The highest BCUT2D eigenvalue weighted by Crippen LogP contribution is 2.16. The molecule has 7 nitrogen and oxygen atoms in total. The first-order valence-electron chi connectivity index (χ1n) is 8.49. The Bertz CT molecular complexity index is 847. The molecule has 0 aliphatic rings. The number of hydrogen-bond donors (Lipinski definition) is 2. The third-order valence-electron chi connectivity index (χ3n) is 3.99. The summed E-state index contributed by atoms with van der Waals surface area (Å²) in [6.45, 7) is 5.46. The topological polar surface area (TPSA) is 80.0 Å². The fourth-order valence-electron chi connectivity index (χ4n) is 2.50. The fraction of sp³-hybridized carbons (Fsp3) is 0.333. The highest BCUT2D eigenvalue weighted by molar-refractivity contribution is 7.11. The molecule has 0 spiro atoms. The summed E-state index contributed by atoms with van der Waals surface area (Å²) in [5.74, 6) is 1.56. The van der Waals surface area contributed by atoms with Crippen LogP contribution in [0.25, 0.3) is 5.69 Å². The highest BCUT2D eigenvalue weighted by atomic mass is 32.1. The molecular formula is C18H23N7S. The van der Waals surface area contributed by atoms with E-state index in [2.05, 4.69) is 37.7 Å². The van der Waals surface area contributed by atoms with Gasteiger partial charge in [-0.3, -0.25) is 9.56 Å². The summed E-state index contributed by atoms with van der Waals surface area (Å²) < 4.78 is 1.96. The summed E-state index contributed by atoms with van der Waals surface area (Å²) >= 11 is 1.75. The minimum Gasteiger partial charge on any atom is -0.356 e. The van der Waals surface area contributed by atoms with Crippen molar-refractivity contribution in [2.75, 3.05) is 13.6 Å². The molecule has 3 aromatic rings. The van der Waals surface area contributed by atoms with Gasteiger partial charge in [-0.2, -0.15) is 0 Å². The van der Waals surface area contributed by atoms with E-state index in [1.54, 1.807) is 24.7 Å². The van der Waals surface area contributed by atoms with Crippen molar-refractivity contribution in [2.45, 2.75) is 26.8 Å². The summed E-state index contributed by atoms with van der Waals surface area (Å²) in [6, 6.07) is 10.0. The van der Waals surface area contributed by atoms with Crippen molar-refractivity contribution in [1.29, 1.82) is 0 Å². The van der Waals surface area contributed by atoms with Gasteiger partial charge in [-0.05, 0) is 26.0 Å². The van der Waals surface area contributed by atoms with Crippen molar-refractivity contribution >= 4 is 17.3 Å². The predicted octanol–water partition coefficient (Wildman–Crippen LogP) is 2.25. The van der Waals surface area contributed by atoms with Crippen LogP contribution in [0.4, 0.5) is 0 Å². The van der Waals surface area contributed by atoms with Crippen molar-refractivity contribution in [3.8, 4) is 5.69 Å². The standard InChI is InChI=1S/C18H23N7S/c1-13-14(2)26-17(23-13)9-10-20-18(19-3)21-11-16-24-22-12-25(16)15-7-5-4-6-8-15/h4-8,12H,9-11H2,1-3H3,(H2,19,20,21). The Balaban J connectivity index is 1.53. The van der Waals surface area contributed by atoms with Gasteiger partial charge in [0.2, 0.25) is 0 Å². The first kappa shape index (κ1) is 18.1. The second-order valence-electron chi connectivity index (χ2n) is 5.80. The maximum absolute atomic E-state index is 4.56. The quantitative estimate of drug-likeness (QED) is 0.515. The molecule has 2 N–H and O–H groups in total. The minimum atomic E-state index is 0.532. The van der Waals surface area contributed by atoms with Crippen LogP contribution in [-0.2, 0) is 13.0 Å². The Morgan fingerprint density at radius 3 is 2.69 bits per heavy atom. The second-order valence-corrected chi connectivity index (χ2v) is 7.09. The van der Waals surface area contributed by atoms with Gasteiger partial charge >= 0.3 is 0 Å². The predicted molar refractivity (Wildman–Crippen MR) is 105 cm³/mol. The highest BCUT2D eigenvalue weighted by Gasteiger charge is 2.08. The van der Waals surface area contributed by atoms with Gasteiger partial charge in [-0.1, -0.05) is 18.2 Å². The van der Waals surface area contributed by atoms with Crippen molar-refractivity contribution in [3.05, 3.63) is 58.1 Å². The molecule has 1 aromatic carbocycles. The van der Waals surface area contributed by atoms with E-state index in [9.17, 15) is 0 Å². The number of para-hydroxylation sites is 1. The monoisotopic (exact) mass is 369 g/mol. The zero-order valence-corrected chi connectivity index (χ0v) is 16.0. The van der Waals surface area contributed by atoms with Crippen LogP contribution in [0.3, 0.4) is 0 Å². The smallest absolute Gasteiger partial charge is 0.191 e. The summed E-state index contributed by atoms with van der Waals surface area (Å²) in [5, 5.41) is 16.0. The number of aromatic nitrogens is 4. The third kappa shape index (κ3) is 4.45. The average molecular weight is 369 g/mol. The van der Waals surface area contributed by atoms with E-state index in [0.717, 1.165) is 41.1 Å². The van der Waals surface area contributed by atoms with Gasteiger partial charge < -0.3 is 10.6 Å². The molecule has 0 aliphatic heterocycles. The minimum absolute atomic E-state index is 0.532. The summed E-state index contributed by atoms with van der Waals surface area (Å²) in [5.41, 5.74) is 2.15. The van der Waals surface area contributed by atoms with E-state index in [0.29, 0.717) is 6.54 Å². The molecule has 0 aliphatic carbocycles. The lowest BCUT2D eigenvalue weighted by molar-refractivity contribution is 0.748. The van der Waals surface area contributed by atoms with Gasteiger partial charge in [0.25, 0.3) is 0 Å². The molecule has 0 saturated carbocycles. The number of benzene rings is 1. The summed E-state index contributed by atoms with van der Waals surface area (Å²) in [4.78, 5) is 10.1. The number of aliphatic imine (C=N–C) groups is 1. The van der Waals surface area contributed by atoms with Gasteiger partial charge in [-0.15, -0.1) is 21.5 Å². The molecule has 26 heavy (non-hydrogen) atoms. The Kier molecular flexibility index (Phi) is 5.96. The molecule has 0 amide bonds. The molecule has 8 heteroatoms. The lowest BCUT2D eigenvalue weighted by Gasteiger charge is -2.12. The van der Waals surface area contributed by atoms with Crippen LogP contribution >= 0.6 is 11.3 Å². The summed E-state index contributed by atoms with van der Waals surface area (Å²) in [6.07, 6.45) is 2.59. The lowest BCUT2D eigenvalue weighted by atomic mass is 10.3. The van der Waals surface area contributed by atoms with Crippen LogP contribution in [0.2, 0.25) is 0 Å². The molecule has 0 radical (unpaired) electrons. The average Bonchev–Trinajstić information content (AvgIpc) is 3.25. The number of thiazole rings is 1. The van der Waals surface area contributed by atoms with Crippen LogP contribution < -0.4 is 10.6 Å². The number of nitrogens with zero attached hydrogens (tertiary/aromatic N) is 5. The van der Waals surface area contributed by atoms with Crippen LogP contribution in [0.1, 0.15) is 21.4 Å². The number of guanidine groups is 1. The van der Waals surface area contributed by atoms with Gasteiger partial charge in [0.05, 0.1) is 17.2 Å². The maximum Gasteiger partial charge on any atom is 0.191 e. The van der Waals surface area contributed by atoms with E-state index >= 15 is 0 Å². The Labute approximate surface area is 157 Å². The molecular weight excluding hydrogens is 346 g/mol. The van der Waals surface area contributed by atoms with Gasteiger partial charge in [0.15, 0.2) is 11.8 Å². The van der Waals surface area contributed by atoms with E-state index in [1.807, 2.05) is 41.8 Å². The van der Waals surface area contributed by atoms with Crippen LogP contribution in [0.5, 0.6) is 0 Å². The second kappa shape index (κ2) is 8.57. The largest absolute Gasteiger partial charge is 0.356 e. The first-order valence-corrected chi connectivity index (χ1v) is 9.30. The molecule has 2 aromatic heterocycles. The Morgan fingerprint density at radius 1 is 1.19 bits per heavy atom. The fourth-order valence-corrected chi connectivity index (χ4v) is 3.43. The Hall–Kier alpha value is -2.74. The van der Waals surface area contributed by atoms with Crippen molar-refractivity contribution in [3.63, 3.8) is 0 Å². The molecule has 0 saturated heterocycles. The van der Waals surface area contributed by atoms with Crippen LogP contribution in [0.15, 0.2) is 41.7 Å². The van der Waals surface area contributed by atoms with E-state index in [4.69, 9.17) is 0 Å². The molecule has 136 valence electrons. The molecule has 3 rings (SSSR count). The number of hydrogen-bond acceptors (Lipinski definition) is 5. The first-order chi connectivity index (χ1) is 12.7.